The van der Waals surface area contributed by atoms with Gasteiger partial charge in [-0.1, -0.05) is 0 Å². The predicted molar refractivity (Wildman–Crippen MR) is 78.0 cm³/mol. The number of carbonyl (C=O) groups is 1. The molecule has 0 saturated carbocycles. The summed E-state index contributed by atoms with van der Waals surface area (Å²) in [7, 11) is 1.56. The maximum absolute atomic E-state index is 13.6. The number of aliphatic hydroxyl groups is 1. The average Bonchev–Trinajstić information content (AvgIpc) is 2.90. The zero-order chi connectivity index (χ0) is 17.1. The summed E-state index contributed by atoms with van der Waals surface area (Å²) in [6, 6.07) is 0.139. The van der Waals surface area contributed by atoms with Crippen molar-refractivity contribution in [3.05, 3.63) is 35.1 Å². The van der Waals surface area contributed by atoms with Crippen LogP contribution in [-0.2, 0) is 11.2 Å². The largest absolute Gasteiger partial charge is 0.390 e. The minimum absolute atomic E-state index is 0.0746. The molecule has 23 heavy (non-hydrogen) atoms. The van der Waals surface area contributed by atoms with Crippen molar-refractivity contribution >= 4 is 5.91 Å². The van der Waals surface area contributed by atoms with Crippen LogP contribution in [0, 0.1) is 17.5 Å². The molecule has 5 nitrogen and oxygen atoms in total. The van der Waals surface area contributed by atoms with E-state index >= 15 is 0 Å². The number of β-amino-alcohol motifs (C(OH)–C–C–N with tert-alkyl or cyclic N) is 1. The lowest BCUT2D eigenvalue weighted by atomic mass is 10.0. The second kappa shape index (κ2) is 7.29. The molecule has 1 aliphatic rings. The maximum atomic E-state index is 13.6. The van der Waals surface area contributed by atoms with E-state index in [-0.39, 0.29) is 30.4 Å². The van der Waals surface area contributed by atoms with Crippen LogP contribution >= 0.6 is 0 Å². The van der Waals surface area contributed by atoms with Crippen molar-refractivity contribution in [3.63, 3.8) is 0 Å². The summed E-state index contributed by atoms with van der Waals surface area (Å²) < 4.78 is 39.6. The molecule has 1 aromatic carbocycles. The molecule has 0 bridgehead atoms. The molecule has 1 aliphatic heterocycles. The molecule has 0 radical (unpaired) electrons. The van der Waals surface area contributed by atoms with Crippen LogP contribution in [0.2, 0.25) is 0 Å². The summed E-state index contributed by atoms with van der Waals surface area (Å²) in [6.45, 7) is 0.894. The van der Waals surface area contributed by atoms with Gasteiger partial charge in [-0.3, -0.25) is 4.79 Å². The number of nitrogens with zero attached hydrogens (tertiary/aromatic N) is 1. The van der Waals surface area contributed by atoms with E-state index in [1.165, 1.54) is 4.90 Å². The molecule has 3 atom stereocenters. The molecule has 8 heteroatoms. The Labute approximate surface area is 132 Å². The molecular weight excluding hydrogens is 311 g/mol. The molecule has 128 valence electrons. The fraction of sp³-hybridized carbons (Fsp3) is 0.533. The summed E-state index contributed by atoms with van der Waals surface area (Å²) in [4.78, 5) is 13.6. The SMILES string of the molecule is CN(C(=O)C[C@H](N)Cc1cc(F)c(F)cc1F)[C@@H]1CNC[C@H]1O. The van der Waals surface area contributed by atoms with E-state index in [1.54, 1.807) is 7.05 Å². The fourth-order valence-corrected chi connectivity index (χ4v) is 2.67. The number of nitrogens with two attached hydrogens (primary N) is 1. The number of nitrogens with one attached hydrogen (secondary N) is 1. The number of halogens is 3. The van der Waals surface area contributed by atoms with Crippen molar-refractivity contribution in [1.29, 1.82) is 0 Å². The Balaban J connectivity index is 1.95. The molecule has 1 amide bonds. The number of likely N-dealkylation sites (N-methyl/N-ethyl adjacent to an activating group) is 1. The van der Waals surface area contributed by atoms with Gasteiger partial charge in [-0.25, -0.2) is 13.2 Å². The number of amides is 1. The van der Waals surface area contributed by atoms with Gasteiger partial charge in [-0.15, -0.1) is 0 Å². The van der Waals surface area contributed by atoms with Crippen LogP contribution in [0.3, 0.4) is 0 Å². The van der Waals surface area contributed by atoms with Crippen LogP contribution in [0.4, 0.5) is 13.2 Å². The second-order valence-electron chi connectivity index (χ2n) is 5.82. The van der Waals surface area contributed by atoms with Crippen molar-refractivity contribution < 1.29 is 23.1 Å². The van der Waals surface area contributed by atoms with Crippen molar-refractivity contribution in [1.82, 2.24) is 10.2 Å². The molecule has 0 aliphatic carbocycles. The normalized spacial score (nSPS) is 22.2. The number of benzene rings is 1. The van der Waals surface area contributed by atoms with Crippen molar-refractivity contribution in [2.75, 3.05) is 20.1 Å². The first kappa shape index (κ1) is 17.7. The monoisotopic (exact) mass is 331 g/mol. The minimum Gasteiger partial charge on any atom is -0.390 e. The van der Waals surface area contributed by atoms with Gasteiger partial charge in [-0.2, -0.15) is 0 Å². The Morgan fingerprint density at radius 1 is 1.35 bits per heavy atom. The zero-order valence-corrected chi connectivity index (χ0v) is 12.7. The van der Waals surface area contributed by atoms with E-state index in [1.807, 2.05) is 0 Å². The van der Waals surface area contributed by atoms with E-state index in [4.69, 9.17) is 5.73 Å². The molecule has 0 unspecified atom stereocenters. The van der Waals surface area contributed by atoms with Crippen LogP contribution < -0.4 is 11.1 Å². The number of rotatable bonds is 5. The van der Waals surface area contributed by atoms with Crippen LogP contribution in [-0.4, -0.2) is 54.2 Å². The van der Waals surface area contributed by atoms with Gasteiger partial charge in [0.25, 0.3) is 0 Å². The lowest BCUT2D eigenvalue weighted by molar-refractivity contribution is -0.133. The van der Waals surface area contributed by atoms with Gasteiger partial charge in [0.15, 0.2) is 11.6 Å². The van der Waals surface area contributed by atoms with Crippen LogP contribution in [0.25, 0.3) is 0 Å². The van der Waals surface area contributed by atoms with Gasteiger partial charge in [-0.05, 0) is 18.1 Å². The molecule has 1 aromatic rings. The molecule has 0 spiro atoms. The first-order valence-electron chi connectivity index (χ1n) is 7.33. The summed E-state index contributed by atoms with van der Waals surface area (Å²) in [5.41, 5.74) is 5.75. The maximum Gasteiger partial charge on any atom is 0.224 e. The highest BCUT2D eigenvalue weighted by Gasteiger charge is 2.31. The lowest BCUT2D eigenvalue weighted by Gasteiger charge is -2.27. The Bertz CT molecular complexity index is 585. The van der Waals surface area contributed by atoms with Gasteiger partial charge in [0, 0.05) is 38.7 Å². The van der Waals surface area contributed by atoms with E-state index in [9.17, 15) is 23.1 Å². The summed E-state index contributed by atoms with van der Waals surface area (Å²) in [6.07, 6.45) is -0.824. The smallest absolute Gasteiger partial charge is 0.224 e. The Hall–Kier alpha value is -1.64. The molecule has 1 heterocycles. The molecule has 1 fully saturated rings. The first-order chi connectivity index (χ1) is 10.8. The summed E-state index contributed by atoms with van der Waals surface area (Å²) in [5.74, 6) is -3.61. The van der Waals surface area contributed by atoms with E-state index in [0.29, 0.717) is 19.2 Å². The van der Waals surface area contributed by atoms with E-state index < -0.39 is 29.6 Å². The van der Waals surface area contributed by atoms with Gasteiger partial charge in [0.1, 0.15) is 5.82 Å². The zero-order valence-electron chi connectivity index (χ0n) is 12.7. The number of aliphatic hydroxyl groups excluding tert-OH is 1. The fourth-order valence-electron chi connectivity index (χ4n) is 2.67. The van der Waals surface area contributed by atoms with Gasteiger partial charge in [0.2, 0.25) is 5.91 Å². The Morgan fingerprint density at radius 2 is 2.00 bits per heavy atom. The van der Waals surface area contributed by atoms with Gasteiger partial charge >= 0.3 is 0 Å². The van der Waals surface area contributed by atoms with E-state index in [0.717, 1.165) is 6.07 Å². The minimum atomic E-state index is -1.27. The van der Waals surface area contributed by atoms with Crippen molar-refractivity contribution in [2.24, 2.45) is 5.73 Å². The predicted octanol–water partition coefficient (Wildman–Crippen LogP) is 0.155. The van der Waals surface area contributed by atoms with Crippen LogP contribution in [0.15, 0.2) is 12.1 Å². The van der Waals surface area contributed by atoms with Crippen molar-refractivity contribution in [3.8, 4) is 0 Å². The van der Waals surface area contributed by atoms with Gasteiger partial charge in [0.05, 0.1) is 12.1 Å². The quantitative estimate of drug-likeness (QED) is 0.672. The number of carbonyl (C=O) groups excluding carboxylic acids is 1. The standard InChI is InChI=1S/C15H20F3N3O2/c1-21(13-6-20-7-14(13)22)15(23)4-9(19)2-8-3-11(17)12(18)5-10(8)16/h3,5,9,13-14,20,22H,2,4,6-7,19H2,1H3/t9-,13-,14-/m1/s1. The third kappa shape index (κ3) is 4.21. The van der Waals surface area contributed by atoms with Gasteiger partial charge < -0.3 is 21.1 Å². The Morgan fingerprint density at radius 3 is 2.61 bits per heavy atom. The summed E-state index contributed by atoms with van der Waals surface area (Å²) in [5, 5.41) is 12.7. The molecule has 0 aromatic heterocycles. The lowest BCUT2D eigenvalue weighted by Crippen LogP contribution is -2.46. The first-order valence-corrected chi connectivity index (χ1v) is 7.33. The highest BCUT2D eigenvalue weighted by atomic mass is 19.2. The second-order valence-corrected chi connectivity index (χ2v) is 5.82. The number of hydrogen-bond donors (Lipinski definition) is 3. The van der Waals surface area contributed by atoms with Crippen LogP contribution in [0.5, 0.6) is 0 Å². The summed E-state index contributed by atoms with van der Waals surface area (Å²) >= 11 is 0. The highest BCUT2D eigenvalue weighted by molar-refractivity contribution is 5.77. The van der Waals surface area contributed by atoms with Crippen LogP contribution in [0.1, 0.15) is 12.0 Å². The van der Waals surface area contributed by atoms with Crippen molar-refractivity contribution in [2.45, 2.75) is 31.0 Å². The number of hydrogen-bond acceptors (Lipinski definition) is 4. The Kier molecular flexibility index (Phi) is 5.61. The third-order valence-electron chi connectivity index (χ3n) is 4.05. The third-order valence-corrected chi connectivity index (χ3v) is 4.05. The highest BCUT2D eigenvalue weighted by Crippen LogP contribution is 2.16. The molecular formula is C15H20F3N3O2. The molecule has 2 rings (SSSR count). The topological polar surface area (TPSA) is 78.6 Å². The van der Waals surface area contributed by atoms with E-state index in [2.05, 4.69) is 5.32 Å². The molecule has 1 saturated heterocycles. The molecule has 4 N–H and O–H groups in total. The average molecular weight is 331 g/mol.